The number of halogens is 3. The molecule has 6 heteroatoms. The highest BCUT2D eigenvalue weighted by Crippen LogP contribution is 2.30. The van der Waals surface area contributed by atoms with E-state index in [4.69, 9.17) is 0 Å². The molecule has 22 heavy (non-hydrogen) atoms. The van der Waals surface area contributed by atoms with Crippen LogP contribution in [0.25, 0.3) is 0 Å². The molecule has 1 heterocycles. The van der Waals surface area contributed by atoms with Gasteiger partial charge in [0.05, 0.1) is 18.7 Å². The van der Waals surface area contributed by atoms with Crippen LogP contribution in [-0.4, -0.2) is 25.0 Å². The molecular formula is C16H22F3N2O+. The number of hydrogen-bond donors (Lipinski definition) is 2. The number of alkyl halides is 3. The largest absolute Gasteiger partial charge is 0.416 e. The van der Waals surface area contributed by atoms with Crippen LogP contribution in [-0.2, 0) is 11.0 Å². The molecule has 0 saturated carbocycles. The average molecular weight is 315 g/mol. The highest BCUT2D eigenvalue weighted by Gasteiger charge is 2.31. The van der Waals surface area contributed by atoms with Crippen molar-refractivity contribution >= 4 is 11.6 Å². The van der Waals surface area contributed by atoms with Gasteiger partial charge in [-0.1, -0.05) is 13.0 Å². The highest BCUT2D eigenvalue weighted by molar-refractivity contribution is 5.93. The number of anilines is 1. The minimum absolute atomic E-state index is 0.191. The zero-order valence-electron chi connectivity index (χ0n) is 12.8. The van der Waals surface area contributed by atoms with Crippen molar-refractivity contribution < 1.29 is 22.9 Å². The van der Waals surface area contributed by atoms with E-state index >= 15 is 0 Å². The fourth-order valence-electron chi connectivity index (χ4n) is 2.78. The van der Waals surface area contributed by atoms with Crippen LogP contribution in [0.3, 0.4) is 0 Å². The molecule has 0 aliphatic carbocycles. The molecule has 2 rings (SSSR count). The van der Waals surface area contributed by atoms with Gasteiger partial charge in [-0.05, 0) is 43.9 Å². The van der Waals surface area contributed by atoms with Gasteiger partial charge in [0.15, 0.2) is 6.04 Å². The van der Waals surface area contributed by atoms with Crippen LogP contribution in [0.1, 0.15) is 32.3 Å². The van der Waals surface area contributed by atoms with E-state index in [1.807, 2.05) is 6.92 Å². The maximum absolute atomic E-state index is 12.7. The van der Waals surface area contributed by atoms with Crippen molar-refractivity contribution in [2.75, 3.05) is 18.4 Å². The molecule has 3 nitrogen and oxygen atoms in total. The number of rotatable bonds is 3. The lowest BCUT2D eigenvalue weighted by molar-refractivity contribution is -0.919. The smallest absolute Gasteiger partial charge is 0.325 e. The van der Waals surface area contributed by atoms with E-state index in [0.29, 0.717) is 5.92 Å². The highest BCUT2D eigenvalue weighted by atomic mass is 19.4. The monoisotopic (exact) mass is 315 g/mol. The van der Waals surface area contributed by atoms with E-state index in [0.717, 1.165) is 38.1 Å². The third kappa shape index (κ3) is 4.22. The Hall–Kier alpha value is -1.56. The number of piperidine rings is 1. The Morgan fingerprint density at radius 2 is 1.95 bits per heavy atom. The summed E-state index contributed by atoms with van der Waals surface area (Å²) in [5, 5.41) is 2.60. The summed E-state index contributed by atoms with van der Waals surface area (Å²) in [5.41, 5.74) is -0.562. The third-order valence-electron chi connectivity index (χ3n) is 4.38. The minimum atomic E-state index is -4.40. The van der Waals surface area contributed by atoms with Gasteiger partial charge in [-0.15, -0.1) is 0 Å². The fraction of sp³-hybridized carbons (Fsp3) is 0.562. The summed E-state index contributed by atoms with van der Waals surface area (Å²) >= 11 is 0. The summed E-state index contributed by atoms with van der Waals surface area (Å²) in [4.78, 5) is 13.4. The van der Waals surface area contributed by atoms with Crippen LogP contribution in [0.5, 0.6) is 0 Å². The van der Waals surface area contributed by atoms with E-state index in [1.54, 1.807) is 0 Å². The van der Waals surface area contributed by atoms with Crippen LogP contribution < -0.4 is 10.2 Å². The molecule has 1 aliphatic heterocycles. The second kappa shape index (κ2) is 6.69. The predicted octanol–water partition coefficient (Wildman–Crippen LogP) is 2.35. The van der Waals surface area contributed by atoms with Crippen molar-refractivity contribution in [1.29, 1.82) is 0 Å². The fourth-order valence-corrected chi connectivity index (χ4v) is 2.78. The van der Waals surface area contributed by atoms with Gasteiger partial charge >= 0.3 is 6.18 Å². The molecule has 0 unspecified atom stereocenters. The molecule has 122 valence electrons. The van der Waals surface area contributed by atoms with Crippen molar-refractivity contribution in [3.05, 3.63) is 29.8 Å². The first kappa shape index (κ1) is 16.8. The van der Waals surface area contributed by atoms with E-state index < -0.39 is 11.7 Å². The number of hydrogen-bond acceptors (Lipinski definition) is 1. The first-order chi connectivity index (χ1) is 10.3. The topological polar surface area (TPSA) is 33.5 Å². The van der Waals surface area contributed by atoms with Gasteiger partial charge < -0.3 is 10.2 Å². The Morgan fingerprint density at radius 3 is 2.55 bits per heavy atom. The number of likely N-dealkylation sites (tertiary alicyclic amines) is 1. The van der Waals surface area contributed by atoms with Crippen molar-refractivity contribution in [1.82, 2.24) is 0 Å². The summed E-state index contributed by atoms with van der Waals surface area (Å²) in [5.74, 6) is 0.450. The molecule has 0 bridgehead atoms. The van der Waals surface area contributed by atoms with Crippen molar-refractivity contribution in [2.24, 2.45) is 5.92 Å². The van der Waals surface area contributed by atoms with Crippen molar-refractivity contribution in [3.8, 4) is 0 Å². The zero-order chi connectivity index (χ0) is 16.3. The summed E-state index contributed by atoms with van der Waals surface area (Å²) in [6, 6.07) is 4.49. The minimum Gasteiger partial charge on any atom is -0.325 e. The number of carbonyl (C=O) groups is 1. The summed E-state index contributed by atoms with van der Waals surface area (Å²) < 4.78 is 38.0. The Morgan fingerprint density at radius 1 is 1.32 bits per heavy atom. The van der Waals surface area contributed by atoms with E-state index in [9.17, 15) is 18.0 Å². The van der Waals surface area contributed by atoms with Crippen LogP contribution in [0.2, 0.25) is 0 Å². The van der Waals surface area contributed by atoms with E-state index in [1.165, 1.54) is 17.0 Å². The van der Waals surface area contributed by atoms with Gasteiger partial charge in [-0.25, -0.2) is 0 Å². The first-order valence-corrected chi connectivity index (χ1v) is 7.60. The van der Waals surface area contributed by atoms with E-state index in [2.05, 4.69) is 12.2 Å². The lowest BCUT2D eigenvalue weighted by Gasteiger charge is -2.31. The normalized spacial score (nSPS) is 23.9. The number of quaternary nitrogens is 1. The Kier molecular flexibility index (Phi) is 5.11. The van der Waals surface area contributed by atoms with Crippen LogP contribution in [0.4, 0.5) is 18.9 Å². The van der Waals surface area contributed by atoms with Crippen LogP contribution in [0.15, 0.2) is 24.3 Å². The third-order valence-corrected chi connectivity index (χ3v) is 4.38. The molecule has 1 amide bonds. The predicted molar refractivity (Wildman–Crippen MR) is 78.6 cm³/mol. The lowest BCUT2D eigenvalue weighted by atomic mass is 9.98. The maximum Gasteiger partial charge on any atom is 0.416 e. The molecular weight excluding hydrogens is 293 g/mol. The molecule has 0 aromatic heterocycles. The van der Waals surface area contributed by atoms with Crippen molar-refractivity contribution in [2.45, 2.75) is 38.9 Å². The Bertz CT molecular complexity index is 522. The molecule has 2 N–H and O–H groups in total. The molecule has 0 radical (unpaired) electrons. The van der Waals surface area contributed by atoms with Gasteiger partial charge in [-0.2, -0.15) is 13.2 Å². The van der Waals surface area contributed by atoms with Crippen LogP contribution >= 0.6 is 0 Å². The second-order valence-electron chi connectivity index (χ2n) is 6.13. The summed E-state index contributed by atoms with van der Waals surface area (Å²) in [7, 11) is 0. The molecule has 1 aliphatic rings. The van der Waals surface area contributed by atoms with E-state index in [-0.39, 0.29) is 17.6 Å². The zero-order valence-corrected chi connectivity index (χ0v) is 12.8. The summed E-state index contributed by atoms with van der Waals surface area (Å²) in [6.45, 7) is 5.88. The Labute approximate surface area is 128 Å². The molecule has 1 fully saturated rings. The van der Waals surface area contributed by atoms with Gasteiger partial charge in [0.2, 0.25) is 0 Å². The average Bonchev–Trinajstić information content (AvgIpc) is 2.46. The number of benzene rings is 1. The van der Waals surface area contributed by atoms with Gasteiger partial charge in [-0.3, -0.25) is 4.79 Å². The quantitative estimate of drug-likeness (QED) is 0.882. The number of amides is 1. The van der Waals surface area contributed by atoms with Crippen LogP contribution in [0, 0.1) is 5.92 Å². The number of carbonyl (C=O) groups excluding carboxylic acids is 1. The summed E-state index contributed by atoms with van der Waals surface area (Å²) in [6.07, 6.45) is -2.24. The second-order valence-corrected chi connectivity index (χ2v) is 6.13. The first-order valence-electron chi connectivity index (χ1n) is 7.60. The molecule has 0 spiro atoms. The van der Waals surface area contributed by atoms with Gasteiger partial charge in [0.25, 0.3) is 5.91 Å². The van der Waals surface area contributed by atoms with Gasteiger partial charge in [0, 0.05) is 5.69 Å². The standard InChI is InChI=1S/C16H21F3N2O/c1-11-6-8-21(9-7-11)12(2)15(22)20-14-5-3-4-13(10-14)16(17,18)19/h3-5,10-12H,6-9H2,1-2H3,(H,20,22)/p+1/t12-/m1/s1. The Balaban J connectivity index is 1.99. The van der Waals surface area contributed by atoms with Gasteiger partial charge in [0.1, 0.15) is 0 Å². The molecule has 1 aromatic rings. The lowest BCUT2D eigenvalue weighted by Crippen LogP contribution is -3.17. The maximum atomic E-state index is 12.7. The van der Waals surface area contributed by atoms with Crippen molar-refractivity contribution in [3.63, 3.8) is 0 Å². The number of nitrogens with one attached hydrogen (secondary N) is 2. The molecule has 1 aromatic carbocycles. The molecule has 1 saturated heterocycles. The molecule has 1 atom stereocenters. The SMILES string of the molecule is CC1CC[NH+]([C@H](C)C(=O)Nc2cccc(C(F)(F)F)c2)CC1.